The van der Waals surface area contributed by atoms with Crippen molar-refractivity contribution >= 4 is 86.1 Å². The maximum atomic E-state index is 12.2. The number of hydrogen-bond acceptors (Lipinski definition) is 4. The third-order valence-electron chi connectivity index (χ3n) is 1.35. The van der Waals surface area contributed by atoms with E-state index in [4.69, 9.17) is 60.0 Å². The average Bonchev–Trinajstić information content (AvgIpc) is 2.25. The highest BCUT2D eigenvalue weighted by Crippen LogP contribution is 2.55. The molecule has 4 nitrogen and oxygen atoms in total. The fraction of sp³-hybridized carbons (Fsp3) is 1.00. The van der Waals surface area contributed by atoms with E-state index in [0.29, 0.717) is 0 Å². The van der Waals surface area contributed by atoms with E-state index in [0.717, 1.165) is 0 Å². The van der Waals surface area contributed by atoms with Crippen molar-refractivity contribution in [2.45, 2.75) is 20.6 Å². The maximum Gasteiger partial charge on any atom is 0.476 e. The number of phosphoric ester groups is 1. The molecule has 11 heteroatoms. The van der Waals surface area contributed by atoms with E-state index >= 15 is 0 Å². The van der Waals surface area contributed by atoms with Gasteiger partial charge in [-0.15, -0.1) is 23.2 Å². The second-order valence-electron chi connectivity index (χ2n) is 2.88. The predicted octanol–water partition coefficient (Wildman–Crippen LogP) is 5.26. The minimum Gasteiger partial charge on any atom is -0.287 e. The summed E-state index contributed by atoms with van der Waals surface area (Å²) in [7, 11) is -3.83. The average molecular weight is 492 g/mol. The van der Waals surface area contributed by atoms with E-state index < -0.39 is 21.5 Å². The van der Waals surface area contributed by atoms with Crippen molar-refractivity contribution in [1.29, 1.82) is 0 Å². The van der Waals surface area contributed by atoms with Crippen LogP contribution in [0, 0.1) is 0 Å². The van der Waals surface area contributed by atoms with Crippen LogP contribution in [0.25, 0.3) is 0 Å². The Morgan fingerprint density at radius 1 is 1.39 bits per heavy atom. The fourth-order valence-corrected chi connectivity index (χ4v) is 3.21. The Balaban J connectivity index is 4.57. The fourth-order valence-electron chi connectivity index (χ4n) is 0.646. The molecule has 3 unspecified atom stereocenters. The highest BCUT2D eigenvalue weighted by atomic mass is 79.9. The van der Waals surface area contributed by atoms with Gasteiger partial charge in [0.2, 0.25) is 3.24 Å². The van der Waals surface area contributed by atoms with Gasteiger partial charge in [-0.05, 0) is 22.9 Å². The number of halogens is 6. The standard InChI is InChI=1S/C7H11Br2Cl4O4P/c1-2-15-18(14,16-4-5(11)3-10)17-6(8)7(9,12)13/h5-6H,2-4H2,1H3. The van der Waals surface area contributed by atoms with Gasteiger partial charge in [0.05, 0.1) is 18.6 Å². The second-order valence-corrected chi connectivity index (χ2v) is 9.80. The molecule has 0 fully saturated rings. The third-order valence-corrected chi connectivity index (χ3v) is 6.78. The minimum atomic E-state index is -3.83. The Morgan fingerprint density at radius 2 is 1.94 bits per heavy atom. The van der Waals surface area contributed by atoms with Crippen molar-refractivity contribution in [3.8, 4) is 0 Å². The van der Waals surface area contributed by atoms with Crippen LogP contribution in [0.1, 0.15) is 6.92 Å². The molecular weight excluding hydrogens is 481 g/mol. The lowest BCUT2D eigenvalue weighted by molar-refractivity contribution is 0.113. The summed E-state index contributed by atoms with van der Waals surface area (Å²) in [6, 6.07) is 0. The molecular formula is C7H11Br2Cl4O4P. The molecule has 0 aromatic carbocycles. The number of rotatable bonds is 9. The summed E-state index contributed by atoms with van der Waals surface area (Å²) in [5.41, 5.74) is 0. The van der Waals surface area contributed by atoms with Gasteiger partial charge in [-0.25, -0.2) is 4.57 Å². The lowest BCUT2D eigenvalue weighted by Crippen LogP contribution is -2.22. The summed E-state index contributed by atoms with van der Waals surface area (Å²) in [5, 5.41) is -1.53. The Morgan fingerprint density at radius 3 is 2.33 bits per heavy atom. The van der Waals surface area contributed by atoms with Gasteiger partial charge in [0.1, 0.15) is 0 Å². The van der Waals surface area contributed by atoms with Gasteiger partial charge < -0.3 is 0 Å². The maximum absolute atomic E-state index is 12.2. The number of phosphoric acid groups is 1. The summed E-state index contributed by atoms with van der Waals surface area (Å²) in [6.07, 6.45) is 0. The molecule has 0 aliphatic heterocycles. The zero-order valence-corrected chi connectivity index (χ0v) is 16.2. The summed E-state index contributed by atoms with van der Waals surface area (Å²) in [6.45, 7) is 1.65. The first-order chi connectivity index (χ1) is 8.14. The zero-order chi connectivity index (χ0) is 14.4. The molecule has 0 rings (SSSR count). The molecule has 0 radical (unpaired) electrons. The van der Waals surface area contributed by atoms with E-state index in [-0.39, 0.29) is 19.1 Å². The van der Waals surface area contributed by atoms with E-state index in [1.807, 2.05) is 0 Å². The Bertz CT molecular complexity index is 291. The Kier molecular flexibility index (Phi) is 10.4. The Labute approximate surface area is 143 Å². The van der Waals surface area contributed by atoms with Gasteiger partial charge in [0, 0.05) is 5.88 Å². The van der Waals surface area contributed by atoms with E-state index in [1.54, 1.807) is 6.92 Å². The number of alkyl halides is 6. The molecule has 0 amide bonds. The predicted molar refractivity (Wildman–Crippen MR) is 82.7 cm³/mol. The van der Waals surface area contributed by atoms with Gasteiger partial charge >= 0.3 is 7.82 Å². The first-order valence-corrected chi connectivity index (χ1v) is 9.52. The second kappa shape index (κ2) is 9.29. The summed E-state index contributed by atoms with van der Waals surface area (Å²) >= 11 is 28.6. The first-order valence-electron chi connectivity index (χ1n) is 4.63. The molecule has 0 saturated heterocycles. The first kappa shape index (κ1) is 20.2. The van der Waals surface area contributed by atoms with Crippen LogP contribution >= 0.6 is 86.1 Å². The van der Waals surface area contributed by atoms with Crippen LogP contribution in [-0.4, -0.2) is 32.7 Å². The van der Waals surface area contributed by atoms with Crippen molar-refractivity contribution in [3.63, 3.8) is 0 Å². The molecule has 3 atom stereocenters. The molecule has 18 heavy (non-hydrogen) atoms. The summed E-state index contributed by atoms with van der Waals surface area (Å²) in [5.74, 6) is 0.138. The zero-order valence-electron chi connectivity index (χ0n) is 9.12. The van der Waals surface area contributed by atoms with Crippen molar-refractivity contribution in [2.75, 3.05) is 19.1 Å². The van der Waals surface area contributed by atoms with Gasteiger partial charge in [-0.3, -0.25) is 13.6 Å². The Hall–Kier alpha value is 2.23. The smallest absolute Gasteiger partial charge is 0.287 e. The molecule has 110 valence electrons. The largest absolute Gasteiger partial charge is 0.476 e. The quantitative estimate of drug-likeness (QED) is 0.326. The number of hydrogen-bond donors (Lipinski definition) is 0. The van der Waals surface area contributed by atoms with Crippen molar-refractivity contribution in [1.82, 2.24) is 0 Å². The van der Waals surface area contributed by atoms with Gasteiger partial charge in [0.15, 0.2) is 5.01 Å². The molecule has 0 aromatic rings. The molecule has 0 saturated carbocycles. The van der Waals surface area contributed by atoms with Crippen LogP contribution in [0.5, 0.6) is 0 Å². The molecule has 0 heterocycles. The summed E-state index contributed by atoms with van der Waals surface area (Å²) in [4.78, 5) is 0. The van der Waals surface area contributed by atoms with Crippen molar-refractivity contribution < 1.29 is 18.1 Å². The molecule has 0 aromatic heterocycles. The summed E-state index contributed by atoms with van der Waals surface area (Å²) < 4.78 is 25.7. The monoisotopic (exact) mass is 488 g/mol. The van der Waals surface area contributed by atoms with Crippen LogP contribution < -0.4 is 0 Å². The SMILES string of the molecule is CCOP(=O)(OCC(Cl)CCl)OC(Br)C(Cl)(Cl)Br. The molecule has 0 N–H and O–H groups in total. The van der Waals surface area contributed by atoms with Crippen LogP contribution in [0.2, 0.25) is 0 Å². The highest BCUT2D eigenvalue weighted by Gasteiger charge is 2.39. The molecule has 0 aliphatic rings. The molecule has 0 bridgehead atoms. The van der Waals surface area contributed by atoms with Gasteiger partial charge in [-0.2, -0.15) is 0 Å². The topological polar surface area (TPSA) is 44.8 Å². The van der Waals surface area contributed by atoms with Gasteiger partial charge in [-0.1, -0.05) is 39.1 Å². The molecule has 0 aliphatic carbocycles. The van der Waals surface area contributed by atoms with Crippen LogP contribution in [0.15, 0.2) is 0 Å². The third kappa shape index (κ3) is 8.50. The normalized spacial score (nSPS) is 19.3. The van der Waals surface area contributed by atoms with Crippen molar-refractivity contribution in [3.05, 3.63) is 0 Å². The van der Waals surface area contributed by atoms with E-state index in [1.165, 1.54) is 0 Å². The highest BCUT2D eigenvalue weighted by molar-refractivity contribution is 9.13. The van der Waals surface area contributed by atoms with E-state index in [2.05, 4.69) is 31.9 Å². The van der Waals surface area contributed by atoms with Crippen LogP contribution in [-0.2, 0) is 18.1 Å². The van der Waals surface area contributed by atoms with Gasteiger partial charge in [0.25, 0.3) is 0 Å². The lowest BCUT2D eigenvalue weighted by atomic mass is 10.5. The van der Waals surface area contributed by atoms with Crippen molar-refractivity contribution in [2.24, 2.45) is 0 Å². The molecule has 0 spiro atoms. The van der Waals surface area contributed by atoms with Crippen LogP contribution in [0.3, 0.4) is 0 Å². The lowest BCUT2D eigenvalue weighted by Gasteiger charge is -2.24. The van der Waals surface area contributed by atoms with E-state index in [9.17, 15) is 4.57 Å². The van der Waals surface area contributed by atoms with Crippen LogP contribution in [0.4, 0.5) is 0 Å². The minimum absolute atomic E-state index is 0.0953.